The van der Waals surface area contributed by atoms with Crippen LogP contribution in [0.15, 0.2) is 82.2 Å². The summed E-state index contributed by atoms with van der Waals surface area (Å²) in [6, 6.07) is 22.0. The monoisotopic (exact) mass is 536 g/mol. The molecule has 34 heavy (non-hydrogen) atoms. The first-order chi connectivity index (χ1) is 16.4. The van der Waals surface area contributed by atoms with Crippen LogP contribution in [0.5, 0.6) is 5.75 Å². The minimum Gasteiger partial charge on any atom is -0.484 e. The van der Waals surface area contributed by atoms with Crippen LogP contribution in [0.1, 0.15) is 16.7 Å². The number of carbonyl (C=O) groups excluding carboxylic acids is 3. The Morgan fingerprint density at radius 1 is 1.03 bits per heavy atom. The molecular formula is C26H21BrN2O4S. The molecule has 0 bridgehead atoms. The van der Waals surface area contributed by atoms with E-state index in [1.807, 2.05) is 55.5 Å². The van der Waals surface area contributed by atoms with Gasteiger partial charge in [0.25, 0.3) is 17.1 Å². The Bertz CT molecular complexity index is 1260. The summed E-state index contributed by atoms with van der Waals surface area (Å²) in [7, 11) is 0. The van der Waals surface area contributed by atoms with Gasteiger partial charge in [-0.05, 0) is 71.8 Å². The number of hydrogen-bond donors (Lipinski definition) is 1. The molecule has 172 valence electrons. The van der Waals surface area contributed by atoms with E-state index in [-0.39, 0.29) is 30.2 Å². The maximum absolute atomic E-state index is 12.7. The van der Waals surface area contributed by atoms with Gasteiger partial charge in [-0.1, -0.05) is 58.4 Å². The molecule has 3 aromatic rings. The normalized spacial score (nSPS) is 14.5. The molecule has 3 amide bonds. The molecule has 0 atom stereocenters. The third kappa shape index (κ3) is 5.95. The molecule has 0 unspecified atom stereocenters. The summed E-state index contributed by atoms with van der Waals surface area (Å²) in [5.74, 6) is -0.0376. The first kappa shape index (κ1) is 23.8. The summed E-state index contributed by atoms with van der Waals surface area (Å²) in [4.78, 5) is 38.9. The Morgan fingerprint density at radius 3 is 2.44 bits per heavy atom. The number of thioether (sulfide) groups is 1. The van der Waals surface area contributed by atoms with Crippen LogP contribution in [0.4, 0.5) is 10.5 Å². The van der Waals surface area contributed by atoms with Crippen LogP contribution >= 0.6 is 27.7 Å². The van der Waals surface area contributed by atoms with Crippen LogP contribution in [0.2, 0.25) is 0 Å². The zero-order valence-corrected chi connectivity index (χ0v) is 20.7. The van der Waals surface area contributed by atoms with E-state index in [2.05, 4.69) is 21.2 Å². The van der Waals surface area contributed by atoms with Crippen molar-refractivity contribution in [1.29, 1.82) is 0 Å². The average Bonchev–Trinajstić information content (AvgIpc) is 3.09. The standard InChI is InChI=1S/C26H21BrN2O4S/c1-17-4-2-3-5-22(17)28-24(30)16-33-21-12-8-18(9-13-21)14-23-25(31)29(26(32)34-23)15-19-6-10-20(27)11-7-19/h2-14H,15-16H2,1H3,(H,28,30)/b23-14-. The molecule has 0 radical (unpaired) electrons. The molecule has 0 saturated carbocycles. The van der Waals surface area contributed by atoms with Crippen molar-refractivity contribution in [3.8, 4) is 5.75 Å². The minimum absolute atomic E-state index is 0.122. The number of para-hydroxylation sites is 1. The summed E-state index contributed by atoms with van der Waals surface area (Å²) in [6.45, 7) is 2.03. The number of nitrogens with one attached hydrogen (secondary N) is 1. The molecular weight excluding hydrogens is 516 g/mol. The SMILES string of the molecule is Cc1ccccc1NC(=O)COc1ccc(/C=C2\SC(=O)N(Cc3ccc(Br)cc3)C2=O)cc1. The zero-order valence-electron chi connectivity index (χ0n) is 18.3. The van der Waals surface area contributed by atoms with Crippen molar-refractivity contribution in [2.75, 3.05) is 11.9 Å². The smallest absolute Gasteiger partial charge is 0.293 e. The number of benzene rings is 3. The molecule has 1 saturated heterocycles. The second kappa shape index (κ2) is 10.7. The van der Waals surface area contributed by atoms with Crippen LogP contribution in [0.3, 0.4) is 0 Å². The van der Waals surface area contributed by atoms with Gasteiger partial charge in [0.1, 0.15) is 5.75 Å². The number of aryl methyl sites for hydroxylation is 1. The van der Waals surface area contributed by atoms with Gasteiger partial charge in [-0.15, -0.1) is 0 Å². The highest BCUT2D eigenvalue weighted by Gasteiger charge is 2.34. The lowest BCUT2D eigenvalue weighted by molar-refractivity contribution is -0.123. The van der Waals surface area contributed by atoms with Crippen molar-refractivity contribution in [2.45, 2.75) is 13.5 Å². The molecule has 0 aliphatic carbocycles. The van der Waals surface area contributed by atoms with E-state index < -0.39 is 0 Å². The van der Waals surface area contributed by atoms with Gasteiger partial charge in [0.05, 0.1) is 11.4 Å². The summed E-state index contributed by atoms with van der Waals surface area (Å²) < 4.78 is 6.50. The Hall–Kier alpha value is -3.36. The molecule has 1 aliphatic rings. The van der Waals surface area contributed by atoms with Gasteiger partial charge < -0.3 is 10.1 Å². The van der Waals surface area contributed by atoms with Gasteiger partial charge in [-0.25, -0.2) is 0 Å². The fraction of sp³-hybridized carbons (Fsp3) is 0.115. The highest BCUT2D eigenvalue weighted by atomic mass is 79.9. The third-order valence-electron chi connectivity index (χ3n) is 5.09. The summed E-state index contributed by atoms with van der Waals surface area (Å²) >= 11 is 4.30. The van der Waals surface area contributed by atoms with Crippen LogP contribution in [0.25, 0.3) is 6.08 Å². The molecule has 8 heteroatoms. The molecule has 1 heterocycles. The van der Waals surface area contributed by atoms with Gasteiger partial charge >= 0.3 is 0 Å². The molecule has 1 aliphatic heterocycles. The zero-order chi connectivity index (χ0) is 24.1. The Labute approximate surface area is 210 Å². The maximum atomic E-state index is 12.7. The number of imide groups is 1. The highest BCUT2D eigenvalue weighted by Crippen LogP contribution is 2.33. The summed E-state index contributed by atoms with van der Waals surface area (Å²) in [5.41, 5.74) is 3.35. The van der Waals surface area contributed by atoms with E-state index in [1.54, 1.807) is 30.3 Å². The van der Waals surface area contributed by atoms with E-state index in [0.29, 0.717) is 10.7 Å². The summed E-state index contributed by atoms with van der Waals surface area (Å²) in [6.07, 6.45) is 1.68. The van der Waals surface area contributed by atoms with Crippen molar-refractivity contribution < 1.29 is 19.1 Å². The minimum atomic E-state index is -0.314. The quantitative estimate of drug-likeness (QED) is 0.374. The van der Waals surface area contributed by atoms with Crippen molar-refractivity contribution in [1.82, 2.24) is 4.90 Å². The lowest BCUT2D eigenvalue weighted by atomic mass is 10.2. The molecule has 4 rings (SSSR count). The lowest BCUT2D eigenvalue weighted by Crippen LogP contribution is -2.27. The van der Waals surface area contributed by atoms with Crippen molar-refractivity contribution in [2.24, 2.45) is 0 Å². The van der Waals surface area contributed by atoms with E-state index in [4.69, 9.17) is 4.74 Å². The molecule has 1 N–H and O–H groups in total. The van der Waals surface area contributed by atoms with Crippen molar-refractivity contribution >= 4 is 56.5 Å². The van der Waals surface area contributed by atoms with Crippen molar-refractivity contribution in [3.63, 3.8) is 0 Å². The Morgan fingerprint density at radius 2 is 1.74 bits per heavy atom. The number of halogens is 1. The number of hydrogen-bond acceptors (Lipinski definition) is 5. The predicted octanol–water partition coefficient (Wildman–Crippen LogP) is 6.01. The molecule has 3 aromatic carbocycles. The second-order valence-electron chi connectivity index (χ2n) is 7.62. The third-order valence-corrected chi connectivity index (χ3v) is 6.53. The van der Waals surface area contributed by atoms with E-state index >= 15 is 0 Å². The first-order valence-electron chi connectivity index (χ1n) is 10.5. The number of ether oxygens (including phenoxy) is 1. The van der Waals surface area contributed by atoms with E-state index in [9.17, 15) is 14.4 Å². The molecule has 0 aromatic heterocycles. The van der Waals surface area contributed by atoms with Gasteiger partial charge in [0, 0.05) is 10.2 Å². The maximum Gasteiger partial charge on any atom is 0.293 e. The Kier molecular flexibility index (Phi) is 7.49. The topological polar surface area (TPSA) is 75.7 Å². The van der Waals surface area contributed by atoms with Crippen LogP contribution < -0.4 is 10.1 Å². The second-order valence-corrected chi connectivity index (χ2v) is 9.52. The van der Waals surface area contributed by atoms with Crippen LogP contribution in [0, 0.1) is 6.92 Å². The number of nitrogens with zero attached hydrogens (tertiary/aromatic N) is 1. The number of anilines is 1. The molecule has 1 fully saturated rings. The van der Waals surface area contributed by atoms with Crippen molar-refractivity contribution in [3.05, 3.63) is 98.9 Å². The largest absolute Gasteiger partial charge is 0.484 e. The fourth-order valence-corrected chi connectivity index (χ4v) is 4.37. The molecule has 6 nitrogen and oxygen atoms in total. The van der Waals surface area contributed by atoms with Crippen LogP contribution in [-0.4, -0.2) is 28.6 Å². The number of carbonyl (C=O) groups is 3. The Balaban J connectivity index is 1.34. The predicted molar refractivity (Wildman–Crippen MR) is 137 cm³/mol. The van der Waals surface area contributed by atoms with Gasteiger partial charge in [0.15, 0.2) is 6.61 Å². The number of amides is 3. The number of rotatable bonds is 7. The van der Waals surface area contributed by atoms with Crippen LogP contribution in [-0.2, 0) is 16.1 Å². The van der Waals surface area contributed by atoms with Gasteiger partial charge in [-0.2, -0.15) is 0 Å². The van der Waals surface area contributed by atoms with Gasteiger partial charge in [0.2, 0.25) is 0 Å². The average molecular weight is 537 g/mol. The highest BCUT2D eigenvalue weighted by molar-refractivity contribution is 9.10. The fourth-order valence-electron chi connectivity index (χ4n) is 3.27. The summed E-state index contributed by atoms with van der Waals surface area (Å²) in [5, 5.41) is 2.53. The molecule has 0 spiro atoms. The van der Waals surface area contributed by atoms with E-state index in [0.717, 1.165) is 38.6 Å². The first-order valence-corrected chi connectivity index (χ1v) is 12.1. The van der Waals surface area contributed by atoms with E-state index in [1.165, 1.54) is 4.90 Å². The lowest BCUT2D eigenvalue weighted by Gasteiger charge is -2.12. The van der Waals surface area contributed by atoms with Gasteiger partial charge in [-0.3, -0.25) is 19.3 Å².